The van der Waals surface area contributed by atoms with Crippen molar-refractivity contribution in [1.29, 1.82) is 0 Å². The van der Waals surface area contributed by atoms with Crippen molar-refractivity contribution in [2.75, 3.05) is 6.73 Å². The van der Waals surface area contributed by atoms with Crippen LogP contribution in [-0.2, 0) is 0 Å². The lowest BCUT2D eigenvalue weighted by atomic mass is 9.87. The van der Waals surface area contributed by atoms with E-state index in [4.69, 9.17) is 4.74 Å². The van der Waals surface area contributed by atoms with Crippen molar-refractivity contribution < 1.29 is 9.31 Å². The molecule has 2 heteroatoms. The van der Waals surface area contributed by atoms with Gasteiger partial charge < -0.3 is 4.74 Å². The van der Waals surface area contributed by atoms with Crippen molar-refractivity contribution in [3.8, 4) is 16.9 Å². The lowest BCUT2D eigenvalue weighted by Gasteiger charge is -2.21. The Balaban J connectivity index is 1.52. The molecule has 0 atom stereocenters. The number of fused-ring (bicyclic) bond motifs is 4. The zero-order valence-corrected chi connectivity index (χ0v) is 16.0. The summed E-state index contributed by atoms with van der Waals surface area (Å²) in [7, 11) is 0. The van der Waals surface area contributed by atoms with Gasteiger partial charge >= 0.3 is 0 Å². The van der Waals surface area contributed by atoms with Gasteiger partial charge in [0.25, 0.3) is 6.73 Å². The van der Waals surface area contributed by atoms with Gasteiger partial charge in [-0.3, -0.25) is 0 Å². The zero-order valence-electron chi connectivity index (χ0n) is 16.0. The van der Waals surface area contributed by atoms with E-state index in [-0.39, 0.29) is 5.92 Å². The Hall–Kier alpha value is -3.65. The summed E-state index contributed by atoms with van der Waals surface area (Å²) in [6.07, 6.45) is 2.20. The fourth-order valence-electron chi connectivity index (χ4n) is 4.67. The van der Waals surface area contributed by atoms with E-state index in [9.17, 15) is 0 Å². The summed E-state index contributed by atoms with van der Waals surface area (Å²) >= 11 is 0. The number of benzene rings is 4. The van der Waals surface area contributed by atoms with E-state index in [1.807, 2.05) is 6.07 Å². The van der Waals surface area contributed by atoms with Crippen LogP contribution >= 0.6 is 0 Å². The Morgan fingerprint density at radius 3 is 1.97 bits per heavy atom. The van der Waals surface area contributed by atoms with E-state index in [0.717, 1.165) is 17.0 Å². The summed E-state index contributed by atoms with van der Waals surface area (Å²) in [5.41, 5.74) is 8.88. The third kappa shape index (κ3) is 2.53. The fraction of sp³-hybridized carbons (Fsp3) is 0.0741. The summed E-state index contributed by atoms with van der Waals surface area (Å²) in [6.45, 7) is 0.518. The van der Waals surface area contributed by atoms with Crippen LogP contribution in [0.15, 0.2) is 97.1 Å². The third-order valence-electron chi connectivity index (χ3n) is 5.95. The van der Waals surface area contributed by atoms with Crippen molar-refractivity contribution in [2.24, 2.45) is 0 Å². The maximum Gasteiger partial charge on any atom is 0.292 e. The zero-order chi connectivity index (χ0) is 19.2. The highest BCUT2D eigenvalue weighted by atomic mass is 16.5. The second-order valence-corrected chi connectivity index (χ2v) is 7.58. The van der Waals surface area contributed by atoms with E-state index >= 15 is 0 Å². The van der Waals surface area contributed by atoms with Crippen LogP contribution < -0.4 is 4.74 Å². The molecule has 0 spiro atoms. The first-order chi connectivity index (χ1) is 14.4. The second-order valence-electron chi connectivity index (χ2n) is 7.58. The number of nitrogens with zero attached hydrogens (tertiary/aromatic N) is 1. The minimum Gasteiger partial charge on any atom is -0.435 e. The molecule has 1 aliphatic heterocycles. The topological polar surface area (TPSA) is 12.2 Å². The first-order valence-corrected chi connectivity index (χ1v) is 10.0. The molecule has 138 valence electrons. The molecule has 0 unspecified atom stereocenters. The molecule has 0 N–H and O–H groups in total. The van der Waals surface area contributed by atoms with Crippen molar-refractivity contribution in [1.82, 2.24) is 0 Å². The summed E-state index contributed by atoms with van der Waals surface area (Å²) in [5, 5.41) is 0. The van der Waals surface area contributed by atoms with Gasteiger partial charge in [-0.15, -0.1) is 0 Å². The van der Waals surface area contributed by atoms with Crippen LogP contribution in [0, 0.1) is 0 Å². The number of rotatable bonds is 2. The second kappa shape index (κ2) is 6.46. The molecule has 0 radical (unpaired) electrons. The number of ether oxygens (including phenoxy) is 1. The van der Waals surface area contributed by atoms with Crippen LogP contribution in [0.25, 0.3) is 11.1 Å². The number of para-hydroxylation sites is 2. The monoisotopic (exact) mass is 374 g/mol. The molecule has 0 bridgehead atoms. The van der Waals surface area contributed by atoms with Crippen molar-refractivity contribution in [2.45, 2.75) is 5.92 Å². The van der Waals surface area contributed by atoms with Crippen LogP contribution in [0.3, 0.4) is 0 Å². The minimum absolute atomic E-state index is 0.203. The molecule has 4 aromatic carbocycles. The normalized spacial score (nSPS) is 14.4. The van der Waals surface area contributed by atoms with E-state index in [1.165, 1.54) is 27.8 Å². The predicted molar refractivity (Wildman–Crippen MR) is 116 cm³/mol. The molecule has 29 heavy (non-hydrogen) atoms. The highest BCUT2D eigenvalue weighted by molar-refractivity contribution is 5.85. The van der Waals surface area contributed by atoms with Crippen LogP contribution in [0.5, 0.6) is 5.75 Å². The van der Waals surface area contributed by atoms with Gasteiger partial charge in [0.05, 0.1) is 5.56 Å². The Morgan fingerprint density at radius 1 is 0.621 bits per heavy atom. The van der Waals surface area contributed by atoms with Gasteiger partial charge in [0.1, 0.15) is 5.75 Å². The summed E-state index contributed by atoms with van der Waals surface area (Å²) in [5.74, 6) is 1.20. The molecule has 0 saturated carbocycles. The smallest absolute Gasteiger partial charge is 0.292 e. The largest absolute Gasteiger partial charge is 0.435 e. The van der Waals surface area contributed by atoms with Crippen LogP contribution in [0.4, 0.5) is 5.69 Å². The molecule has 1 aliphatic carbocycles. The molecule has 0 amide bonds. The minimum atomic E-state index is 0.203. The first kappa shape index (κ1) is 16.3. The molecule has 6 rings (SSSR count). The maximum absolute atomic E-state index is 6.36. The molecule has 0 fully saturated rings. The average molecular weight is 374 g/mol. The van der Waals surface area contributed by atoms with Crippen LogP contribution in [0.2, 0.25) is 0 Å². The Morgan fingerprint density at radius 2 is 1.24 bits per heavy atom. The average Bonchev–Trinajstić information content (AvgIpc) is 3.13. The summed E-state index contributed by atoms with van der Waals surface area (Å²) < 4.78 is 8.51. The van der Waals surface area contributed by atoms with Gasteiger partial charge in [-0.05, 0) is 28.3 Å². The van der Waals surface area contributed by atoms with Crippen molar-refractivity contribution in [3.63, 3.8) is 0 Å². The third-order valence-corrected chi connectivity index (χ3v) is 5.95. The Kier molecular flexibility index (Phi) is 3.63. The molecular weight excluding hydrogens is 354 g/mol. The SMILES string of the molecule is C1=[N+](c2ccccc2)COc2c1cccc2C1c2ccccc2-c2ccccc21. The lowest BCUT2D eigenvalue weighted by Crippen LogP contribution is -2.22. The Labute approximate surface area is 170 Å². The van der Waals surface area contributed by atoms with E-state index in [0.29, 0.717) is 6.73 Å². The maximum atomic E-state index is 6.36. The fourth-order valence-corrected chi connectivity index (χ4v) is 4.67. The first-order valence-electron chi connectivity index (χ1n) is 10.0. The standard InChI is InChI=1S/C27H20NO/c1-2-10-20(11-3-1)28-17-19-9-8-16-25(27(19)29-18-28)26-23-14-6-4-12-21(23)22-13-5-7-15-24(22)26/h1-17,26H,18H2/q+1. The molecule has 0 saturated heterocycles. The summed E-state index contributed by atoms with van der Waals surface area (Å²) in [4.78, 5) is 0. The van der Waals surface area contributed by atoms with Gasteiger partial charge in [0.15, 0.2) is 6.21 Å². The van der Waals surface area contributed by atoms with Gasteiger partial charge in [-0.1, -0.05) is 78.9 Å². The van der Waals surface area contributed by atoms with Crippen LogP contribution in [0.1, 0.15) is 28.2 Å². The number of hydrogen-bond acceptors (Lipinski definition) is 1. The van der Waals surface area contributed by atoms with Crippen molar-refractivity contribution in [3.05, 3.63) is 119 Å². The predicted octanol–water partition coefficient (Wildman–Crippen LogP) is 5.96. The molecule has 0 aromatic heterocycles. The van der Waals surface area contributed by atoms with Crippen LogP contribution in [-0.4, -0.2) is 17.5 Å². The number of hydrogen-bond donors (Lipinski definition) is 0. The molecular formula is C27H20NO+. The molecule has 2 nitrogen and oxygen atoms in total. The van der Waals surface area contributed by atoms with Gasteiger partial charge in [-0.2, -0.15) is 4.58 Å². The van der Waals surface area contributed by atoms with Gasteiger partial charge in [-0.25, -0.2) is 0 Å². The Bertz CT molecular complexity index is 1210. The molecule has 2 aliphatic rings. The lowest BCUT2D eigenvalue weighted by molar-refractivity contribution is -0.476. The van der Waals surface area contributed by atoms with E-state index < -0.39 is 0 Å². The molecule has 4 aromatic rings. The summed E-state index contributed by atoms with van der Waals surface area (Å²) in [6, 6.07) is 34.4. The quantitative estimate of drug-likeness (QED) is 0.347. The van der Waals surface area contributed by atoms with E-state index in [2.05, 4.69) is 102 Å². The van der Waals surface area contributed by atoms with E-state index in [1.54, 1.807) is 0 Å². The highest BCUT2D eigenvalue weighted by Crippen LogP contribution is 2.50. The van der Waals surface area contributed by atoms with Gasteiger partial charge in [0.2, 0.25) is 5.69 Å². The van der Waals surface area contributed by atoms with Crippen molar-refractivity contribution >= 4 is 11.9 Å². The van der Waals surface area contributed by atoms with Gasteiger partial charge in [0, 0.05) is 23.6 Å². The highest BCUT2D eigenvalue weighted by Gasteiger charge is 2.33. The molecule has 1 heterocycles.